The minimum absolute atomic E-state index is 0.0379. The molecule has 2 aromatic heterocycles. The zero-order valence-corrected chi connectivity index (χ0v) is 13.5. The van der Waals surface area contributed by atoms with Crippen molar-refractivity contribution in [1.82, 2.24) is 14.8 Å². The van der Waals surface area contributed by atoms with E-state index >= 15 is 0 Å². The third-order valence-electron chi connectivity index (χ3n) is 4.82. The number of amides is 1. The number of morpholine rings is 1. The molecule has 4 heterocycles. The summed E-state index contributed by atoms with van der Waals surface area (Å²) < 4.78 is 11.2. The van der Waals surface area contributed by atoms with Crippen LogP contribution < -0.4 is 0 Å². The first kappa shape index (κ1) is 15.4. The Morgan fingerprint density at radius 1 is 1.25 bits per heavy atom. The van der Waals surface area contributed by atoms with E-state index < -0.39 is 0 Å². The van der Waals surface area contributed by atoms with Crippen molar-refractivity contribution in [1.29, 1.82) is 0 Å². The molecule has 0 N–H and O–H groups in total. The molecule has 6 heteroatoms. The van der Waals surface area contributed by atoms with Gasteiger partial charge < -0.3 is 14.1 Å². The predicted octanol–water partition coefficient (Wildman–Crippen LogP) is 1.79. The van der Waals surface area contributed by atoms with Gasteiger partial charge in [0, 0.05) is 38.6 Å². The third kappa shape index (κ3) is 3.07. The van der Waals surface area contributed by atoms with Gasteiger partial charge in [-0.3, -0.25) is 14.7 Å². The minimum Gasteiger partial charge on any atom is -0.459 e. The SMILES string of the molecule is O=C(c1ccco1)N1CCO[C@H]2CCN(Cc3ccncc3)C[C@@H]21. The maximum absolute atomic E-state index is 12.7. The smallest absolute Gasteiger partial charge is 0.290 e. The van der Waals surface area contributed by atoms with Crippen molar-refractivity contribution in [3.63, 3.8) is 0 Å². The van der Waals surface area contributed by atoms with E-state index in [0.29, 0.717) is 18.9 Å². The van der Waals surface area contributed by atoms with Crippen molar-refractivity contribution in [2.75, 3.05) is 26.2 Å². The lowest BCUT2D eigenvalue weighted by Crippen LogP contribution is -2.61. The van der Waals surface area contributed by atoms with Gasteiger partial charge in [0.25, 0.3) is 5.91 Å². The highest BCUT2D eigenvalue weighted by Crippen LogP contribution is 2.25. The van der Waals surface area contributed by atoms with Crippen LogP contribution in [0.25, 0.3) is 0 Å². The summed E-state index contributed by atoms with van der Waals surface area (Å²) in [7, 11) is 0. The van der Waals surface area contributed by atoms with Gasteiger partial charge in [-0.15, -0.1) is 0 Å². The topological polar surface area (TPSA) is 58.8 Å². The summed E-state index contributed by atoms with van der Waals surface area (Å²) in [6.07, 6.45) is 6.24. The molecule has 2 aliphatic heterocycles. The number of furan rings is 1. The average molecular weight is 327 g/mol. The summed E-state index contributed by atoms with van der Waals surface area (Å²) >= 11 is 0. The van der Waals surface area contributed by atoms with Gasteiger partial charge in [-0.05, 0) is 36.2 Å². The average Bonchev–Trinajstić information content (AvgIpc) is 3.16. The number of likely N-dealkylation sites (tertiary alicyclic amines) is 1. The molecule has 0 aliphatic carbocycles. The highest BCUT2D eigenvalue weighted by Gasteiger charge is 2.40. The molecule has 0 bridgehead atoms. The molecular weight excluding hydrogens is 306 g/mol. The number of hydrogen-bond donors (Lipinski definition) is 0. The Morgan fingerprint density at radius 3 is 2.92 bits per heavy atom. The number of aromatic nitrogens is 1. The van der Waals surface area contributed by atoms with E-state index in [0.717, 1.165) is 26.1 Å². The lowest BCUT2D eigenvalue weighted by molar-refractivity contribution is -0.0919. The largest absolute Gasteiger partial charge is 0.459 e. The van der Waals surface area contributed by atoms with Crippen LogP contribution in [0.1, 0.15) is 22.5 Å². The molecule has 1 amide bonds. The van der Waals surface area contributed by atoms with E-state index in [2.05, 4.69) is 9.88 Å². The van der Waals surface area contributed by atoms with Crippen LogP contribution in [0, 0.1) is 0 Å². The van der Waals surface area contributed by atoms with E-state index in [4.69, 9.17) is 9.15 Å². The van der Waals surface area contributed by atoms with Crippen molar-refractivity contribution < 1.29 is 13.9 Å². The summed E-state index contributed by atoms with van der Waals surface area (Å²) in [4.78, 5) is 21.1. The Hall–Kier alpha value is -2.18. The summed E-state index contributed by atoms with van der Waals surface area (Å²) in [5, 5.41) is 0. The molecule has 2 atom stereocenters. The molecule has 4 rings (SSSR count). The summed E-state index contributed by atoms with van der Waals surface area (Å²) in [5.74, 6) is 0.367. The predicted molar refractivity (Wildman–Crippen MR) is 87.4 cm³/mol. The van der Waals surface area contributed by atoms with Gasteiger partial charge in [-0.25, -0.2) is 0 Å². The van der Waals surface area contributed by atoms with Crippen molar-refractivity contribution >= 4 is 5.91 Å². The Bertz CT molecular complexity index is 674. The standard InChI is InChI=1S/C18H21N3O3/c22-18(17-2-1-10-23-17)21-9-11-24-16-5-8-20(13-15(16)21)12-14-3-6-19-7-4-14/h1-4,6-7,10,15-16H,5,8-9,11-13H2/t15-,16-/m0/s1. The second-order valence-corrected chi connectivity index (χ2v) is 6.33. The van der Waals surface area contributed by atoms with Gasteiger partial charge >= 0.3 is 0 Å². The highest BCUT2D eigenvalue weighted by molar-refractivity contribution is 5.91. The van der Waals surface area contributed by atoms with Crippen LogP contribution in [0.4, 0.5) is 0 Å². The molecular formula is C18H21N3O3. The molecule has 2 aromatic rings. The normalized spacial score (nSPS) is 24.6. The summed E-state index contributed by atoms with van der Waals surface area (Å²) in [6, 6.07) is 7.63. The quantitative estimate of drug-likeness (QED) is 0.860. The van der Waals surface area contributed by atoms with Crippen LogP contribution in [0.5, 0.6) is 0 Å². The second kappa shape index (κ2) is 6.75. The van der Waals surface area contributed by atoms with Gasteiger partial charge in [-0.2, -0.15) is 0 Å². The fraction of sp³-hybridized carbons (Fsp3) is 0.444. The Labute approximate surface area is 141 Å². The first-order valence-electron chi connectivity index (χ1n) is 8.38. The Morgan fingerprint density at radius 2 is 2.12 bits per heavy atom. The molecule has 0 spiro atoms. The monoisotopic (exact) mass is 327 g/mol. The van der Waals surface area contributed by atoms with E-state index in [-0.39, 0.29) is 18.1 Å². The van der Waals surface area contributed by atoms with Gasteiger partial charge in [0.15, 0.2) is 5.76 Å². The van der Waals surface area contributed by atoms with Crippen LogP contribution >= 0.6 is 0 Å². The molecule has 0 saturated carbocycles. The third-order valence-corrected chi connectivity index (χ3v) is 4.82. The highest BCUT2D eigenvalue weighted by atomic mass is 16.5. The zero-order chi connectivity index (χ0) is 16.4. The second-order valence-electron chi connectivity index (χ2n) is 6.33. The molecule has 0 aromatic carbocycles. The zero-order valence-electron chi connectivity index (χ0n) is 13.5. The number of hydrogen-bond acceptors (Lipinski definition) is 5. The molecule has 2 aliphatic rings. The summed E-state index contributed by atoms with van der Waals surface area (Å²) in [6.45, 7) is 3.88. The number of pyridine rings is 1. The van der Waals surface area contributed by atoms with E-state index in [1.807, 2.05) is 29.4 Å². The summed E-state index contributed by atoms with van der Waals surface area (Å²) in [5.41, 5.74) is 1.24. The van der Waals surface area contributed by atoms with Crippen LogP contribution in [-0.4, -0.2) is 59.1 Å². The van der Waals surface area contributed by atoms with E-state index in [1.165, 1.54) is 5.56 Å². The lowest BCUT2D eigenvalue weighted by atomic mass is 9.98. The molecule has 2 saturated heterocycles. The molecule has 2 fully saturated rings. The van der Waals surface area contributed by atoms with E-state index in [9.17, 15) is 4.79 Å². The first-order chi connectivity index (χ1) is 11.8. The molecule has 0 unspecified atom stereocenters. The maximum atomic E-state index is 12.7. The van der Waals surface area contributed by atoms with Gasteiger partial charge in [0.1, 0.15) is 0 Å². The number of carbonyl (C=O) groups is 1. The maximum Gasteiger partial charge on any atom is 0.290 e. The molecule has 126 valence electrons. The molecule has 6 nitrogen and oxygen atoms in total. The first-order valence-corrected chi connectivity index (χ1v) is 8.38. The van der Waals surface area contributed by atoms with Crippen molar-refractivity contribution in [3.05, 3.63) is 54.2 Å². The van der Waals surface area contributed by atoms with Crippen molar-refractivity contribution in [3.8, 4) is 0 Å². The minimum atomic E-state index is -0.0379. The number of ether oxygens (including phenoxy) is 1. The number of fused-ring (bicyclic) bond motifs is 1. The molecule has 24 heavy (non-hydrogen) atoms. The fourth-order valence-corrected chi connectivity index (χ4v) is 3.62. The van der Waals surface area contributed by atoms with Crippen LogP contribution in [0.2, 0.25) is 0 Å². The number of carbonyl (C=O) groups excluding carboxylic acids is 1. The van der Waals surface area contributed by atoms with Crippen LogP contribution in [0.15, 0.2) is 47.3 Å². The van der Waals surface area contributed by atoms with Gasteiger partial charge in [-0.1, -0.05) is 0 Å². The van der Waals surface area contributed by atoms with Crippen LogP contribution in [-0.2, 0) is 11.3 Å². The fourth-order valence-electron chi connectivity index (χ4n) is 3.62. The van der Waals surface area contributed by atoms with Crippen LogP contribution in [0.3, 0.4) is 0 Å². The Balaban J connectivity index is 1.48. The van der Waals surface area contributed by atoms with E-state index in [1.54, 1.807) is 18.4 Å². The Kier molecular flexibility index (Phi) is 4.32. The van der Waals surface area contributed by atoms with Gasteiger partial charge in [0.2, 0.25) is 0 Å². The van der Waals surface area contributed by atoms with Crippen molar-refractivity contribution in [2.24, 2.45) is 0 Å². The molecule has 0 radical (unpaired) electrons. The van der Waals surface area contributed by atoms with Gasteiger partial charge in [0.05, 0.1) is 25.0 Å². The number of nitrogens with zero attached hydrogens (tertiary/aromatic N) is 3. The number of rotatable bonds is 3. The lowest BCUT2D eigenvalue weighted by Gasteiger charge is -2.46. The number of piperidine rings is 1. The van der Waals surface area contributed by atoms with Crippen molar-refractivity contribution in [2.45, 2.75) is 25.1 Å².